The quantitative estimate of drug-likeness (QED) is 0.447. The van der Waals surface area contributed by atoms with Gasteiger partial charge in [-0.25, -0.2) is 0 Å². The largest absolute Gasteiger partial charge is 0.389 e. The van der Waals surface area contributed by atoms with Crippen LogP contribution in [0.2, 0.25) is 0 Å². The normalized spacial score (nSPS) is 15.0. The molecule has 0 saturated carbocycles. The first-order valence-electron chi connectivity index (χ1n) is 1.28. The van der Waals surface area contributed by atoms with Crippen molar-refractivity contribution in [3.8, 4) is 0 Å². The molecule has 1 atom stereocenters. The van der Waals surface area contributed by atoms with Crippen LogP contribution in [0.3, 0.4) is 0 Å². The molecule has 1 unspecified atom stereocenters. The van der Waals surface area contributed by atoms with Crippen LogP contribution in [0, 0.1) is 0 Å². The first kappa shape index (κ1) is 5.35. The Morgan fingerprint density at radius 1 is 1.80 bits per heavy atom. The molecule has 32 valence electrons. The molecule has 0 aliphatic heterocycles. The van der Waals surface area contributed by atoms with Crippen LogP contribution in [0.1, 0.15) is 0 Å². The number of hydrogen-bond donors (Lipinski definition) is 2. The SMILES string of the molecule is CP(O)CO. The van der Waals surface area contributed by atoms with E-state index in [-0.39, 0.29) is 6.35 Å². The van der Waals surface area contributed by atoms with Gasteiger partial charge in [0.05, 0.1) is 6.35 Å². The van der Waals surface area contributed by atoms with Crippen LogP contribution in [-0.2, 0) is 0 Å². The van der Waals surface area contributed by atoms with Gasteiger partial charge in [-0.05, 0) is 6.66 Å². The zero-order chi connectivity index (χ0) is 4.28. The van der Waals surface area contributed by atoms with Gasteiger partial charge in [0.25, 0.3) is 0 Å². The molecular weight excluding hydrogens is 87.0 g/mol. The van der Waals surface area contributed by atoms with Crippen LogP contribution in [-0.4, -0.2) is 23.0 Å². The van der Waals surface area contributed by atoms with E-state index in [1.807, 2.05) is 0 Å². The van der Waals surface area contributed by atoms with Crippen molar-refractivity contribution < 1.29 is 10.00 Å². The molecule has 0 amide bonds. The van der Waals surface area contributed by atoms with Gasteiger partial charge in [0.15, 0.2) is 0 Å². The predicted octanol–water partition coefficient (Wildman–Crippen LogP) is -0.0448. The van der Waals surface area contributed by atoms with Crippen molar-refractivity contribution in [1.82, 2.24) is 0 Å². The highest BCUT2D eigenvalue weighted by Gasteiger charge is 1.83. The summed E-state index contributed by atoms with van der Waals surface area (Å²) < 4.78 is 0. The van der Waals surface area contributed by atoms with Gasteiger partial charge in [-0.2, -0.15) is 0 Å². The van der Waals surface area contributed by atoms with Gasteiger partial charge in [-0.1, -0.05) is 0 Å². The maximum atomic E-state index is 8.18. The summed E-state index contributed by atoms with van der Waals surface area (Å²) in [6, 6.07) is 0. The summed E-state index contributed by atoms with van der Waals surface area (Å²) in [5, 5.41) is 7.92. The maximum Gasteiger partial charge on any atom is 0.0867 e. The second-order valence-electron chi connectivity index (χ2n) is 0.799. The summed E-state index contributed by atoms with van der Waals surface area (Å²) in [5.74, 6) is 0. The minimum absolute atomic E-state index is 0.0741. The van der Waals surface area contributed by atoms with E-state index in [2.05, 4.69) is 0 Å². The molecule has 0 aromatic heterocycles. The topological polar surface area (TPSA) is 40.5 Å². The number of rotatable bonds is 1. The van der Waals surface area contributed by atoms with Crippen LogP contribution in [0.4, 0.5) is 0 Å². The Labute approximate surface area is 32.3 Å². The molecule has 0 heterocycles. The molecule has 5 heavy (non-hydrogen) atoms. The Morgan fingerprint density at radius 2 is 2.00 bits per heavy atom. The summed E-state index contributed by atoms with van der Waals surface area (Å²) in [6.07, 6.45) is -0.0741. The molecule has 0 saturated heterocycles. The van der Waals surface area contributed by atoms with E-state index in [1.54, 1.807) is 6.66 Å². The van der Waals surface area contributed by atoms with Crippen molar-refractivity contribution in [3.63, 3.8) is 0 Å². The fourth-order valence-electron chi connectivity index (χ4n) is 0. The fourth-order valence-corrected chi connectivity index (χ4v) is 0. The monoisotopic (exact) mass is 94.0 g/mol. The average Bonchev–Trinajstić information content (AvgIpc) is 1.38. The highest BCUT2D eigenvalue weighted by molar-refractivity contribution is 7.50. The lowest BCUT2D eigenvalue weighted by Crippen LogP contribution is -1.72. The van der Waals surface area contributed by atoms with E-state index in [0.29, 0.717) is 0 Å². The molecule has 0 fully saturated rings. The summed E-state index contributed by atoms with van der Waals surface area (Å²) in [6.45, 7) is 1.59. The minimum atomic E-state index is -1.04. The van der Waals surface area contributed by atoms with Crippen molar-refractivity contribution >= 4 is 8.15 Å². The predicted molar refractivity (Wildman–Crippen MR) is 22.1 cm³/mol. The third kappa shape index (κ3) is 4.35. The fraction of sp³-hybridized carbons (Fsp3) is 1.00. The second kappa shape index (κ2) is 2.58. The number of aliphatic hydroxyl groups is 1. The van der Waals surface area contributed by atoms with Crippen LogP contribution in [0.15, 0.2) is 0 Å². The Balaban J connectivity index is 2.54. The minimum Gasteiger partial charge on any atom is -0.389 e. The average molecular weight is 94.0 g/mol. The van der Waals surface area contributed by atoms with Gasteiger partial charge in [0.2, 0.25) is 0 Å². The Kier molecular flexibility index (Phi) is 2.76. The van der Waals surface area contributed by atoms with E-state index in [9.17, 15) is 0 Å². The van der Waals surface area contributed by atoms with E-state index in [1.165, 1.54) is 0 Å². The van der Waals surface area contributed by atoms with Gasteiger partial charge in [-0.3, -0.25) is 0 Å². The Bertz CT molecular complexity index is 21.6. The molecule has 0 spiro atoms. The molecule has 0 bridgehead atoms. The van der Waals surface area contributed by atoms with E-state index in [4.69, 9.17) is 10.00 Å². The molecule has 0 aromatic rings. The summed E-state index contributed by atoms with van der Waals surface area (Å²) in [4.78, 5) is 8.18. The first-order chi connectivity index (χ1) is 2.27. The molecule has 0 aromatic carbocycles. The summed E-state index contributed by atoms with van der Waals surface area (Å²) in [7, 11) is -1.04. The van der Waals surface area contributed by atoms with Gasteiger partial charge in [-0.15, -0.1) is 0 Å². The first-order valence-corrected chi connectivity index (χ1v) is 3.21. The van der Waals surface area contributed by atoms with Gasteiger partial charge < -0.3 is 10.00 Å². The van der Waals surface area contributed by atoms with Crippen molar-refractivity contribution in [2.45, 2.75) is 0 Å². The molecular formula is C2H7O2P. The molecule has 0 aliphatic rings. The van der Waals surface area contributed by atoms with E-state index in [0.717, 1.165) is 0 Å². The highest BCUT2D eigenvalue weighted by atomic mass is 31.1. The smallest absolute Gasteiger partial charge is 0.0867 e. The maximum absolute atomic E-state index is 8.18. The second-order valence-corrected chi connectivity index (χ2v) is 2.40. The van der Waals surface area contributed by atoms with Crippen LogP contribution in [0.25, 0.3) is 0 Å². The number of hydrogen-bond acceptors (Lipinski definition) is 2. The lowest BCUT2D eigenvalue weighted by Gasteiger charge is -1.90. The van der Waals surface area contributed by atoms with Crippen molar-refractivity contribution in [2.24, 2.45) is 0 Å². The van der Waals surface area contributed by atoms with Crippen molar-refractivity contribution in [3.05, 3.63) is 0 Å². The zero-order valence-electron chi connectivity index (χ0n) is 3.05. The molecule has 0 radical (unpaired) electrons. The molecule has 0 rings (SSSR count). The van der Waals surface area contributed by atoms with Crippen LogP contribution < -0.4 is 0 Å². The van der Waals surface area contributed by atoms with Crippen LogP contribution in [0.5, 0.6) is 0 Å². The summed E-state index contributed by atoms with van der Waals surface area (Å²) >= 11 is 0. The standard InChI is InChI=1S/C2H7O2P/c1-5(4)2-3/h3-4H,2H2,1H3. The lowest BCUT2D eigenvalue weighted by atomic mass is 11.7. The van der Waals surface area contributed by atoms with Crippen molar-refractivity contribution in [1.29, 1.82) is 0 Å². The lowest BCUT2D eigenvalue weighted by molar-refractivity contribution is 0.358. The van der Waals surface area contributed by atoms with E-state index >= 15 is 0 Å². The molecule has 3 heteroatoms. The summed E-state index contributed by atoms with van der Waals surface area (Å²) in [5.41, 5.74) is 0. The third-order valence-electron chi connectivity index (χ3n) is 0.205. The molecule has 2 N–H and O–H groups in total. The Hall–Kier alpha value is 0.350. The zero-order valence-corrected chi connectivity index (χ0v) is 3.94. The molecule has 0 aliphatic carbocycles. The van der Waals surface area contributed by atoms with Crippen LogP contribution >= 0.6 is 8.15 Å². The molecule has 2 nitrogen and oxygen atoms in total. The highest BCUT2D eigenvalue weighted by Crippen LogP contribution is 2.19. The Morgan fingerprint density at radius 3 is 2.00 bits per heavy atom. The third-order valence-corrected chi connectivity index (χ3v) is 0.614. The van der Waals surface area contributed by atoms with Crippen molar-refractivity contribution in [2.75, 3.05) is 13.0 Å². The van der Waals surface area contributed by atoms with Gasteiger partial charge in [0, 0.05) is 8.15 Å². The van der Waals surface area contributed by atoms with E-state index < -0.39 is 8.15 Å². The van der Waals surface area contributed by atoms with Gasteiger partial charge in [0.1, 0.15) is 0 Å². The van der Waals surface area contributed by atoms with Gasteiger partial charge >= 0.3 is 0 Å². The number of aliphatic hydroxyl groups excluding tert-OH is 1.